The van der Waals surface area contributed by atoms with Gasteiger partial charge >= 0.3 is 0 Å². The Kier molecular flexibility index (Phi) is 3.35. The molecule has 0 saturated heterocycles. The summed E-state index contributed by atoms with van der Waals surface area (Å²) in [7, 11) is 1.81. The van der Waals surface area contributed by atoms with Crippen LogP contribution in [0.4, 0.5) is 0 Å². The number of carbonyl (C=O) groups excluding carboxylic acids is 1. The van der Waals surface area contributed by atoms with Crippen LogP contribution in [0.15, 0.2) is 6.33 Å². The number of carbonyl (C=O) groups is 1. The Morgan fingerprint density at radius 2 is 2.33 bits per heavy atom. The lowest BCUT2D eigenvalue weighted by molar-refractivity contribution is 0.0939. The van der Waals surface area contributed by atoms with Crippen molar-refractivity contribution in [2.75, 3.05) is 0 Å². The molecular weight excluding hydrogens is 234 g/mol. The first kappa shape index (κ1) is 12.2. The fourth-order valence-electron chi connectivity index (χ4n) is 1.34. The molecule has 2 rings (SSSR count). The van der Waals surface area contributed by atoms with Crippen LogP contribution in [0.5, 0.6) is 0 Å². The van der Waals surface area contributed by atoms with Crippen molar-refractivity contribution < 1.29 is 4.79 Å². The first-order chi connectivity index (χ1) is 8.58. The molecule has 0 atom stereocenters. The van der Waals surface area contributed by atoms with E-state index in [2.05, 4.69) is 30.7 Å². The molecule has 1 amide bonds. The van der Waals surface area contributed by atoms with Gasteiger partial charge in [-0.15, -0.1) is 15.3 Å². The summed E-state index contributed by atoms with van der Waals surface area (Å²) in [5, 5.41) is 16.9. The maximum atomic E-state index is 11.8. The fraction of sp³-hybridized carbons (Fsp3) is 0.500. The maximum absolute atomic E-state index is 11.8. The van der Waals surface area contributed by atoms with E-state index in [0.717, 1.165) is 0 Å². The maximum Gasteiger partial charge on any atom is 0.291 e. The molecule has 2 N–H and O–H groups in total. The van der Waals surface area contributed by atoms with Crippen LogP contribution in [0, 0.1) is 0 Å². The first-order valence-electron chi connectivity index (χ1n) is 5.61. The first-order valence-corrected chi connectivity index (χ1v) is 5.61. The van der Waals surface area contributed by atoms with E-state index >= 15 is 0 Å². The highest BCUT2D eigenvalue weighted by Crippen LogP contribution is 2.07. The lowest BCUT2D eigenvalue weighted by atomic mass is 10.2. The number of rotatable bonds is 4. The number of aromatic amines is 1. The molecule has 0 saturated carbocycles. The monoisotopic (exact) mass is 249 g/mol. The van der Waals surface area contributed by atoms with Gasteiger partial charge in [-0.25, -0.2) is 4.98 Å². The molecule has 8 heteroatoms. The van der Waals surface area contributed by atoms with Crippen molar-refractivity contribution in [1.82, 2.24) is 35.3 Å². The van der Waals surface area contributed by atoms with E-state index in [1.165, 1.54) is 0 Å². The molecule has 0 radical (unpaired) electrons. The molecule has 0 bridgehead atoms. The van der Waals surface area contributed by atoms with Gasteiger partial charge < -0.3 is 9.88 Å². The molecule has 0 fully saturated rings. The molecule has 8 nitrogen and oxygen atoms in total. The molecule has 0 aliphatic rings. The molecule has 2 heterocycles. The molecule has 2 aromatic heterocycles. The number of aromatic nitrogens is 6. The summed E-state index contributed by atoms with van der Waals surface area (Å²) < 4.78 is 1.73. The topological polar surface area (TPSA) is 101 Å². The summed E-state index contributed by atoms with van der Waals surface area (Å²) in [6.07, 6.45) is 1.57. The third-order valence-electron chi connectivity index (χ3n) is 2.46. The van der Waals surface area contributed by atoms with Crippen LogP contribution in [0.3, 0.4) is 0 Å². The molecule has 0 aromatic carbocycles. The minimum absolute atomic E-state index is 0.140. The second-order valence-corrected chi connectivity index (χ2v) is 4.24. The molecule has 0 aliphatic carbocycles. The van der Waals surface area contributed by atoms with Gasteiger partial charge in [-0.1, -0.05) is 13.8 Å². The van der Waals surface area contributed by atoms with Crippen LogP contribution in [-0.2, 0) is 13.6 Å². The Labute approximate surface area is 104 Å². The molecule has 0 aliphatic heterocycles. The smallest absolute Gasteiger partial charge is 0.291 e. The highest BCUT2D eigenvalue weighted by Gasteiger charge is 2.14. The van der Waals surface area contributed by atoms with Crippen LogP contribution in [-0.4, -0.2) is 35.9 Å². The molecular formula is C10H15N7O. The lowest BCUT2D eigenvalue weighted by Crippen LogP contribution is -2.25. The summed E-state index contributed by atoms with van der Waals surface area (Å²) >= 11 is 0. The Morgan fingerprint density at radius 3 is 2.89 bits per heavy atom. The summed E-state index contributed by atoms with van der Waals surface area (Å²) in [5.41, 5.74) is 0. The van der Waals surface area contributed by atoms with Crippen molar-refractivity contribution in [1.29, 1.82) is 0 Å². The van der Waals surface area contributed by atoms with Crippen molar-refractivity contribution in [3.63, 3.8) is 0 Å². The third-order valence-corrected chi connectivity index (χ3v) is 2.46. The summed E-state index contributed by atoms with van der Waals surface area (Å²) in [6.45, 7) is 4.24. The number of aryl methyl sites for hydroxylation is 1. The van der Waals surface area contributed by atoms with Gasteiger partial charge in [0.05, 0.1) is 6.54 Å². The van der Waals surface area contributed by atoms with Crippen molar-refractivity contribution in [2.45, 2.75) is 26.3 Å². The fourth-order valence-corrected chi connectivity index (χ4v) is 1.34. The van der Waals surface area contributed by atoms with Crippen LogP contribution in [0.25, 0.3) is 0 Å². The molecule has 96 valence electrons. The average Bonchev–Trinajstić information content (AvgIpc) is 2.94. The summed E-state index contributed by atoms with van der Waals surface area (Å²) in [6, 6.07) is 0. The Morgan fingerprint density at radius 1 is 1.56 bits per heavy atom. The van der Waals surface area contributed by atoms with Gasteiger partial charge in [-0.3, -0.25) is 9.89 Å². The van der Waals surface area contributed by atoms with Crippen LogP contribution < -0.4 is 5.32 Å². The Bertz CT molecular complexity index is 542. The highest BCUT2D eigenvalue weighted by atomic mass is 16.2. The van der Waals surface area contributed by atoms with Crippen molar-refractivity contribution >= 4 is 5.91 Å². The van der Waals surface area contributed by atoms with E-state index in [1.54, 1.807) is 10.9 Å². The summed E-state index contributed by atoms with van der Waals surface area (Å²) in [5.74, 6) is 1.38. The average molecular weight is 249 g/mol. The van der Waals surface area contributed by atoms with Crippen molar-refractivity contribution in [2.24, 2.45) is 7.05 Å². The number of hydrogen-bond donors (Lipinski definition) is 2. The lowest BCUT2D eigenvalue weighted by Gasteiger charge is -2.01. The zero-order valence-electron chi connectivity index (χ0n) is 10.5. The minimum Gasteiger partial charge on any atom is -0.342 e. The van der Waals surface area contributed by atoms with Gasteiger partial charge in [-0.2, -0.15) is 0 Å². The van der Waals surface area contributed by atoms with E-state index < -0.39 is 0 Å². The van der Waals surface area contributed by atoms with Gasteiger partial charge in [0, 0.05) is 13.0 Å². The van der Waals surface area contributed by atoms with Crippen molar-refractivity contribution in [3.05, 3.63) is 23.8 Å². The van der Waals surface area contributed by atoms with E-state index in [4.69, 9.17) is 0 Å². The van der Waals surface area contributed by atoms with E-state index in [9.17, 15) is 4.79 Å². The SMILES string of the molecule is CC(C)c1nc(C(=O)NCc2nncn2C)n[nH]1. The number of H-pyrrole nitrogens is 1. The molecule has 0 spiro atoms. The van der Waals surface area contributed by atoms with Gasteiger partial charge in [0.2, 0.25) is 5.82 Å². The van der Waals surface area contributed by atoms with E-state index in [1.807, 2.05) is 20.9 Å². The molecule has 2 aromatic rings. The number of nitrogens with one attached hydrogen (secondary N) is 2. The predicted molar refractivity (Wildman–Crippen MR) is 62.6 cm³/mol. The number of amides is 1. The van der Waals surface area contributed by atoms with Gasteiger partial charge in [0.25, 0.3) is 5.91 Å². The van der Waals surface area contributed by atoms with Gasteiger partial charge in [0.15, 0.2) is 5.82 Å². The largest absolute Gasteiger partial charge is 0.342 e. The van der Waals surface area contributed by atoms with E-state index in [-0.39, 0.29) is 17.6 Å². The summed E-state index contributed by atoms with van der Waals surface area (Å²) in [4.78, 5) is 15.9. The second kappa shape index (κ2) is 4.94. The number of nitrogens with zero attached hydrogens (tertiary/aromatic N) is 5. The molecule has 18 heavy (non-hydrogen) atoms. The quantitative estimate of drug-likeness (QED) is 0.793. The predicted octanol–water partition coefficient (Wildman–Crippen LogP) is -0.0134. The number of hydrogen-bond acceptors (Lipinski definition) is 5. The standard InChI is InChI=1S/C10H15N7O/c1-6(2)8-13-9(16-15-8)10(18)11-4-7-14-12-5-17(7)3/h5-6H,4H2,1-3H3,(H,11,18)(H,13,15,16). The minimum atomic E-state index is -0.332. The van der Waals surface area contributed by atoms with Gasteiger partial charge in [-0.05, 0) is 0 Å². The highest BCUT2D eigenvalue weighted by molar-refractivity contribution is 5.90. The normalized spacial score (nSPS) is 10.9. The van der Waals surface area contributed by atoms with Crippen LogP contribution in [0.2, 0.25) is 0 Å². The zero-order valence-corrected chi connectivity index (χ0v) is 10.5. The van der Waals surface area contributed by atoms with Crippen molar-refractivity contribution in [3.8, 4) is 0 Å². The zero-order chi connectivity index (χ0) is 13.1. The second-order valence-electron chi connectivity index (χ2n) is 4.24. The van der Waals surface area contributed by atoms with E-state index in [0.29, 0.717) is 18.2 Å². The van der Waals surface area contributed by atoms with Gasteiger partial charge in [0.1, 0.15) is 12.2 Å². The molecule has 0 unspecified atom stereocenters. The van der Waals surface area contributed by atoms with Crippen LogP contribution in [0.1, 0.15) is 42.0 Å². The van der Waals surface area contributed by atoms with Crippen LogP contribution >= 0.6 is 0 Å². The Hall–Kier alpha value is -2.25. The Balaban J connectivity index is 1.97. The third kappa shape index (κ3) is 2.53.